The van der Waals surface area contributed by atoms with Gasteiger partial charge in [0.05, 0.1) is 13.2 Å². The van der Waals surface area contributed by atoms with E-state index in [1.807, 2.05) is 0 Å². The predicted octanol–water partition coefficient (Wildman–Crippen LogP) is 2.18. The minimum atomic E-state index is -4.75. The summed E-state index contributed by atoms with van der Waals surface area (Å²) in [5.41, 5.74) is 0.300. The molecule has 0 unspecified atom stereocenters. The van der Waals surface area contributed by atoms with Gasteiger partial charge in [-0.25, -0.2) is 9.48 Å². The molecule has 0 aliphatic carbocycles. The quantitative estimate of drug-likeness (QED) is 0.916. The van der Waals surface area contributed by atoms with Crippen LogP contribution in [0.15, 0.2) is 30.3 Å². The van der Waals surface area contributed by atoms with Crippen LogP contribution in [0.5, 0.6) is 0 Å². The van der Waals surface area contributed by atoms with Crippen LogP contribution in [0.25, 0.3) is 11.3 Å². The molecule has 0 saturated carbocycles. The monoisotopic (exact) mass is 301 g/mol. The number of aromatic carboxylic acids is 1. The minimum absolute atomic E-state index is 0.133. The van der Waals surface area contributed by atoms with Gasteiger partial charge in [0.25, 0.3) is 0 Å². The van der Waals surface area contributed by atoms with E-state index in [4.69, 9.17) is 5.11 Å². The summed E-state index contributed by atoms with van der Waals surface area (Å²) in [4.78, 5) is 11.1. The zero-order valence-corrected chi connectivity index (χ0v) is 10.5. The summed E-state index contributed by atoms with van der Waals surface area (Å²) in [7, 11) is 0. The van der Waals surface area contributed by atoms with E-state index in [2.05, 4.69) is 15.0 Å². The smallest absolute Gasteiger partial charge is 0.476 e. The van der Waals surface area contributed by atoms with Gasteiger partial charge in [0, 0.05) is 5.56 Å². The third-order valence-electron chi connectivity index (χ3n) is 2.55. The zero-order chi connectivity index (χ0) is 15.5. The predicted molar refractivity (Wildman–Crippen MR) is 64.4 cm³/mol. The van der Waals surface area contributed by atoms with Gasteiger partial charge >= 0.3 is 12.3 Å². The Morgan fingerprint density at radius 1 is 1.29 bits per heavy atom. The van der Waals surface area contributed by atoms with Crippen molar-refractivity contribution in [3.63, 3.8) is 0 Å². The maximum Gasteiger partial charge on any atom is 0.522 e. The number of alkyl halides is 3. The topological polar surface area (TPSA) is 77.2 Å². The second-order valence-corrected chi connectivity index (χ2v) is 3.98. The molecule has 0 fully saturated rings. The van der Waals surface area contributed by atoms with E-state index in [-0.39, 0.29) is 17.9 Å². The number of carboxylic acids is 1. The first-order valence-corrected chi connectivity index (χ1v) is 5.81. The molecule has 0 amide bonds. The van der Waals surface area contributed by atoms with Gasteiger partial charge in [-0.3, -0.25) is 4.74 Å². The van der Waals surface area contributed by atoms with Crippen molar-refractivity contribution >= 4 is 5.97 Å². The molecule has 2 aromatic rings. The summed E-state index contributed by atoms with van der Waals surface area (Å²) < 4.78 is 40.6. The molecule has 1 N–H and O–H groups in total. The van der Waals surface area contributed by atoms with Crippen molar-refractivity contribution in [3.05, 3.63) is 36.0 Å². The number of aromatic nitrogens is 3. The Hall–Kier alpha value is -2.42. The summed E-state index contributed by atoms with van der Waals surface area (Å²) in [6, 6.07) is 8.30. The molecule has 0 aliphatic rings. The van der Waals surface area contributed by atoms with Crippen molar-refractivity contribution in [3.8, 4) is 11.3 Å². The first-order chi connectivity index (χ1) is 9.88. The molecule has 0 bridgehead atoms. The third-order valence-corrected chi connectivity index (χ3v) is 2.55. The molecule has 0 radical (unpaired) electrons. The van der Waals surface area contributed by atoms with Crippen LogP contribution in [0.2, 0.25) is 0 Å². The number of benzene rings is 1. The fraction of sp³-hybridized carbons (Fsp3) is 0.250. The van der Waals surface area contributed by atoms with E-state index in [0.717, 1.165) is 4.68 Å². The van der Waals surface area contributed by atoms with Crippen molar-refractivity contribution in [1.29, 1.82) is 0 Å². The number of nitrogens with zero attached hydrogens (tertiary/aromatic N) is 3. The Morgan fingerprint density at radius 2 is 1.95 bits per heavy atom. The second kappa shape index (κ2) is 5.92. The lowest BCUT2D eigenvalue weighted by Gasteiger charge is -2.09. The SMILES string of the molecule is O=C(O)c1nnn(CCOC(F)(F)F)c1-c1ccccc1. The number of hydrogen-bond donors (Lipinski definition) is 1. The highest BCUT2D eigenvalue weighted by Gasteiger charge is 2.29. The Kier molecular flexibility index (Phi) is 4.22. The van der Waals surface area contributed by atoms with Gasteiger partial charge < -0.3 is 5.11 Å². The number of hydrogen-bond acceptors (Lipinski definition) is 4. The molecule has 1 aromatic heterocycles. The van der Waals surface area contributed by atoms with Crippen LogP contribution < -0.4 is 0 Å². The van der Waals surface area contributed by atoms with Crippen molar-refractivity contribution in [2.45, 2.75) is 12.9 Å². The first kappa shape index (κ1) is 15.0. The van der Waals surface area contributed by atoms with Crippen molar-refractivity contribution in [2.75, 3.05) is 6.61 Å². The molecule has 0 atom stereocenters. The van der Waals surface area contributed by atoms with Crippen molar-refractivity contribution < 1.29 is 27.8 Å². The minimum Gasteiger partial charge on any atom is -0.476 e. The highest BCUT2D eigenvalue weighted by Crippen LogP contribution is 2.22. The van der Waals surface area contributed by atoms with E-state index in [9.17, 15) is 18.0 Å². The molecule has 112 valence electrons. The number of carboxylic acid groups (broad SMARTS) is 1. The normalized spacial score (nSPS) is 11.6. The lowest BCUT2D eigenvalue weighted by molar-refractivity contribution is -0.325. The lowest BCUT2D eigenvalue weighted by Crippen LogP contribution is -2.18. The van der Waals surface area contributed by atoms with Crippen LogP contribution in [0, 0.1) is 0 Å². The fourth-order valence-corrected chi connectivity index (χ4v) is 1.74. The Labute approximate surface area is 116 Å². The van der Waals surface area contributed by atoms with Gasteiger partial charge in [0.15, 0.2) is 5.69 Å². The van der Waals surface area contributed by atoms with Gasteiger partial charge in [0.1, 0.15) is 5.69 Å². The number of halogens is 3. The Bertz CT molecular complexity index is 626. The van der Waals surface area contributed by atoms with Crippen LogP contribution in [-0.4, -0.2) is 39.0 Å². The third kappa shape index (κ3) is 3.78. The summed E-state index contributed by atoms with van der Waals surface area (Å²) in [5, 5.41) is 16.1. The summed E-state index contributed by atoms with van der Waals surface area (Å²) in [5.74, 6) is -1.31. The zero-order valence-electron chi connectivity index (χ0n) is 10.5. The highest BCUT2D eigenvalue weighted by atomic mass is 19.4. The molecule has 1 aromatic carbocycles. The standard InChI is InChI=1S/C12H10F3N3O3/c13-12(14,15)21-7-6-18-10(8-4-2-1-3-5-8)9(11(19)20)16-17-18/h1-5H,6-7H2,(H,19,20). The summed E-state index contributed by atoms with van der Waals surface area (Å²) in [6.07, 6.45) is -4.75. The van der Waals surface area contributed by atoms with Gasteiger partial charge in [-0.1, -0.05) is 35.5 Å². The Morgan fingerprint density at radius 3 is 2.52 bits per heavy atom. The number of carbonyl (C=O) groups is 1. The van der Waals surface area contributed by atoms with E-state index < -0.39 is 18.9 Å². The number of ether oxygens (including phenoxy) is 1. The molecule has 1 heterocycles. The largest absolute Gasteiger partial charge is 0.522 e. The average molecular weight is 301 g/mol. The molecule has 0 aliphatic heterocycles. The summed E-state index contributed by atoms with van der Waals surface area (Å²) >= 11 is 0. The second-order valence-electron chi connectivity index (χ2n) is 3.98. The fourth-order valence-electron chi connectivity index (χ4n) is 1.74. The van der Waals surface area contributed by atoms with Crippen LogP contribution in [-0.2, 0) is 11.3 Å². The Balaban J connectivity index is 2.28. The summed E-state index contributed by atoms with van der Waals surface area (Å²) in [6.45, 7) is -0.963. The lowest BCUT2D eigenvalue weighted by atomic mass is 10.1. The maximum absolute atomic E-state index is 12.0. The van der Waals surface area contributed by atoms with Crippen LogP contribution in [0.1, 0.15) is 10.5 Å². The first-order valence-electron chi connectivity index (χ1n) is 5.81. The molecular formula is C12H10F3N3O3. The van der Waals surface area contributed by atoms with Crippen molar-refractivity contribution in [1.82, 2.24) is 15.0 Å². The van der Waals surface area contributed by atoms with Crippen molar-refractivity contribution in [2.24, 2.45) is 0 Å². The molecular weight excluding hydrogens is 291 g/mol. The van der Waals surface area contributed by atoms with E-state index in [1.165, 1.54) is 0 Å². The molecule has 9 heteroatoms. The van der Waals surface area contributed by atoms with E-state index in [0.29, 0.717) is 5.56 Å². The van der Waals surface area contributed by atoms with Crippen LogP contribution in [0.4, 0.5) is 13.2 Å². The molecule has 0 saturated heterocycles. The van der Waals surface area contributed by atoms with Crippen LogP contribution >= 0.6 is 0 Å². The van der Waals surface area contributed by atoms with Gasteiger partial charge in [-0.05, 0) is 0 Å². The van der Waals surface area contributed by atoms with E-state index in [1.54, 1.807) is 30.3 Å². The highest BCUT2D eigenvalue weighted by molar-refractivity contribution is 5.92. The van der Waals surface area contributed by atoms with E-state index >= 15 is 0 Å². The number of rotatable bonds is 5. The average Bonchev–Trinajstić information content (AvgIpc) is 2.82. The van der Waals surface area contributed by atoms with Crippen LogP contribution in [0.3, 0.4) is 0 Å². The molecule has 2 rings (SSSR count). The van der Waals surface area contributed by atoms with Gasteiger partial charge in [-0.2, -0.15) is 0 Å². The van der Waals surface area contributed by atoms with Gasteiger partial charge in [-0.15, -0.1) is 18.3 Å². The molecule has 6 nitrogen and oxygen atoms in total. The maximum atomic E-state index is 12.0. The molecule has 0 spiro atoms. The van der Waals surface area contributed by atoms with Gasteiger partial charge in [0.2, 0.25) is 0 Å². The molecule has 21 heavy (non-hydrogen) atoms.